The molecule has 0 spiro atoms. The summed E-state index contributed by atoms with van der Waals surface area (Å²) in [7, 11) is 0. The van der Waals surface area contributed by atoms with Crippen molar-refractivity contribution in [3.8, 4) is 5.75 Å². The summed E-state index contributed by atoms with van der Waals surface area (Å²) in [4.78, 5) is 10.7. The Morgan fingerprint density at radius 2 is 2.33 bits per heavy atom. The zero-order valence-electron chi connectivity index (χ0n) is 10.1. The number of halogens is 1. The van der Waals surface area contributed by atoms with Crippen molar-refractivity contribution in [1.29, 1.82) is 0 Å². The normalized spacial score (nSPS) is 23.0. The average molecular weight is 271 g/mol. The molecule has 0 bridgehead atoms. The van der Waals surface area contributed by atoms with Gasteiger partial charge in [0, 0.05) is 0 Å². The Morgan fingerprint density at radius 1 is 1.56 bits per heavy atom. The predicted molar refractivity (Wildman–Crippen MR) is 67.2 cm³/mol. The number of hydrogen-bond donors (Lipinski definition) is 1. The van der Waals surface area contributed by atoms with Gasteiger partial charge in [-0.25, -0.2) is 4.79 Å². The van der Waals surface area contributed by atoms with E-state index in [4.69, 9.17) is 26.2 Å². The van der Waals surface area contributed by atoms with Crippen LogP contribution in [0.3, 0.4) is 0 Å². The molecule has 1 aliphatic heterocycles. The molecule has 0 saturated carbocycles. The van der Waals surface area contributed by atoms with Crippen LogP contribution in [-0.2, 0) is 9.53 Å². The quantitative estimate of drug-likeness (QED) is 0.914. The summed E-state index contributed by atoms with van der Waals surface area (Å²) < 4.78 is 10.9. The highest BCUT2D eigenvalue weighted by molar-refractivity contribution is 6.32. The van der Waals surface area contributed by atoms with E-state index in [0.717, 1.165) is 5.56 Å². The van der Waals surface area contributed by atoms with E-state index < -0.39 is 12.1 Å². The molecule has 2 atom stereocenters. The minimum Gasteiger partial charge on any atom is -0.489 e. The summed E-state index contributed by atoms with van der Waals surface area (Å²) >= 11 is 6.00. The summed E-state index contributed by atoms with van der Waals surface area (Å²) in [6.45, 7) is 2.28. The van der Waals surface area contributed by atoms with E-state index >= 15 is 0 Å². The zero-order chi connectivity index (χ0) is 13.1. The van der Waals surface area contributed by atoms with E-state index in [9.17, 15) is 4.79 Å². The maximum absolute atomic E-state index is 10.7. The molecular weight excluding hydrogens is 256 g/mol. The number of carboxylic acids is 1. The molecule has 4 nitrogen and oxygen atoms in total. The third-order valence-electron chi connectivity index (χ3n) is 2.89. The number of hydrogen-bond acceptors (Lipinski definition) is 3. The van der Waals surface area contributed by atoms with Gasteiger partial charge in [0.25, 0.3) is 0 Å². The van der Waals surface area contributed by atoms with Gasteiger partial charge in [-0.2, -0.15) is 0 Å². The van der Waals surface area contributed by atoms with Crippen molar-refractivity contribution < 1.29 is 19.4 Å². The Balaban J connectivity index is 1.89. The van der Waals surface area contributed by atoms with Gasteiger partial charge in [0.2, 0.25) is 0 Å². The average Bonchev–Trinajstić information content (AvgIpc) is 2.79. The number of aliphatic carboxylic acids is 1. The van der Waals surface area contributed by atoms with Gasteiger partial charge >= 0.3 is 5.97 Å². The standard InChI is InChI=1S/C13H15ClO4/c1-8-2-4-10(14)12(6-8)17-7-9-3-5-11(18-9)13(15)16/h2,4,6,9,11H,3,5,7H2,1H3,(H,15,16). The third-order valence-corrected chi connectivity index (χ3v) is 3.21. The van der Waals surface area contributed by atoms with E-state index in [1.165, 1.54) is 0 Å². The third kappa shape index (κ3) is 3.15. The van der Waals surface area contributed by atoms with Crippen LogP contribution in [0.4, 0.5) is 0 Å². The first-order valence-corrected chi connectivity index (χ1v) is 6.21. The smallest absolute Gasteiger partial charge is 0.332 e. The molecule has 1 aromatic carbocycles. The Morgan fingerprint density at radius 3 is 3.00 bits per heavy atom. The summed E-state index contributed by atoms with van der Waals surface area (Å²) in [6, 6.07) is 5.54. The largest absolute Gasteiger partial charge is 0.489 e. The highest BCUT2D eigenvalue weighted by atomic mass is 35.5. The lowest BCUT2D eigenvalue weighted by Crippen LogP contribution is -2.23. The van der Waals surface area contributed by atoms with Gasteiger partial charge in [0.15, 0.2) is 6.10 Å². The SMILES string of the molecule is Cc1ccc(Cl)c(OCC2CCC(C(=O)O)O2)c1. The minimum atomic E-state index is -0.911. The number of rotatable bonds is 4. The second kappa shape index (κ2) is 5.59. The molecule has 0 aliphatic carbocycles. The second-order valence-electron chi connectivity index (χ2n) is 4.41. The van der Waals surface area contributed by atoms with Crippen LogP contribution in [0.25, 0.3) is 0 Å². The van der Waals surface area contributed by atoms with Gasteiger partial charge in [-0.15, -0.1) is 0 Å². The number of ether oxygens (including phenoxy) is 2. The van der Waals surface area contributed by atoms with Crippen LogP contribution in [0.15, 0.2) is 18.2 Å². The Bertz CT molecular complexity index is 447. The Hall–Kier alpha value is -1.26. The second-order valence-corrected chi connectivity index (χ2v) is 4.81. The lowest BCUT2D eigenvalue weighted by molar-refractivity contribution is -0.149. The zero-order valence-corrected chi connectivity index (χ0v) is 10.8. The Labute approximate surface area is 110 Å². The van der Waals surface area contributed by atoms with Crippen molar-refractivity contribution in [3.63, 3.8) is 0 Å². The molecule has 2 rings (SSSR count). The van der Waals surface area contributed by atoms with E-state index in [-0.39, 0.29) is 6.10 Å². The molecule has 1 aromatic rings. The number of carbonyl (C=O) groups is 1. The summed E-state index contributed by atoms with van der Waals surface area (Å²) in [5.41, 5.74) is 1.06. The fourth-order valence-electron chi connectivity index (χ4n) is 1.91. The topological polar surface area (TPSA) is 55.8 Å². The Kier molecular flexibility index (Phi) is 4.09. The molecule has 1 heterocycles. The first-order valence-electron chi connectivity index (χ1n) is 5.83. The van der Waals surface area contributed by atoms with Crippen molar-refractivity contribution in [2.45, 2.75) is 32.0 Å². The molecule has 1 aliphatic rings. The van der Waals surface area contributed by atoms with Gasteiger partial charge in [-0.05, 0) is 37.5 Å². The van der Waals surface area contributed by atoms with Crippen molar-refractivity contribution in [3.05, 3.63) is 28.8 Å². The predicted octanol–water partition coefficient (Wildman–Crippen LogP) is 2.66. The van der Waals surface area contributed by atoms with Gasteiger partial charge < -0.3 is 14.6 Å². The molecule has 0 aromatic heterocycles. The van der Waals surface area contributed by atoms with E-state index in [1.807, 2.05) is 19.1 Å². The number of carboxylic acid groups (broad SMARTS) is 1. The molecule has 1 fully saturated rings. The van der Waals surface area contributed by atoms with Gasteiger partial charge in [-0.1, -0.05) is 17.7 Å². The van der Waals surface area contributed by atoms with Crippen molar-refractivity contribution in [2.75, 3.05) is 6.61 Å². The van der Waals surface area contributed by atoms with Crippen LogP contribution in [0, 0.1) is 6.92 Å². The molecule has 1 saturated heterocycles. The van der Waals surface area contributed by atoms with Crippen molar-refractivity contribution in [1.82, 2.24) is 0 Å². The van der Waals surface area contributed by atoms with Crippen LogP contribution in [-0.4, -0.2) is 29.9 Å². The molecule has 2 unspecified atom stereocenters. The molecule has 5 heteroatoms. The van der Waals surface area contributed by atoms with E-state index in [2.05, 4.69) is 0 Å². The number of benzene rings is 1. The van der Waals surface area contributed by atoms with Crippen molar-refractivity contribution in [2.24, 2.45) is 0 Å². The van der Waals surface area contributed by atoms with E-state index in [0.29, 0.717) is 30.2 Å². The number of aryl methyl sites for hydroxylation is 1. The molecule has 18 heavy (non-hydrogen) atoms. The minimum absolute atomic E-state index is 0.178. The summed E-state index contributed by atoms with van der Waals surface area (Å²) in [5, 5.41) is 9.36. The van der Waals surface area contributed by atoms with Gasteiger partial charge in [0.05, 0.1) is 11.1 Å². The summed E-state index contributed by atoms with van der Waals surface area (Å²) in [5.74, 6) is -0.301. The van der Waals surface area contributed by atoms with Gasteiger partial charge in [-0.3, -0.25) is 0 Å². The van der Waals surface area contributed by atoms with E-state index in [1.54, 1.807) is 6.07 Å². The maximum Gasteiger partial charge on any atom is 0.332 e. The van der Waals surface area contributed by atoms with Crippen LogP contribution >= 0.6 is 11.6 Å². The molecular formula is C13H15ClO4. The van der Waals surface area contributed by atoms with Gasteiger partial charge in [0.1, 0.15) is 12.4 Å². The fraction of sp³-hybridized carbons (Fsp3) is 0.462. The lowest BCUT2D eigenvalue weighted by Gasteiger charge is -2.14. The summed E-state index contributed by atoms with van der Waals surface area (Å²) in [6.07, 6.45) is 0.347. The molecule has 0 radical (unpaired) electrons. The fourth-order valence-corrected chi connectivity index (χ4v) is 2.09. The van der Waals surface area contributed by atoms with Crippen molar-refractivity contribution >= 4 is 17.6 Å². The van der Waals surface area contributed by atoms with Crippen LogP contribution in [0.1, 0.15) is 18.4 Å². The van der Waals surface area contributed by atoms with Crippen LogP contribution in [0.2, 0.25) is 5.02 Å². The monoisotopic (exact) mass is 270 g/mol. The highest BCUT2D eigenvalue weighted by Gasteiger charge is 2.30. The lowest BCUT2D eigenvalue weighted by atomic mass is 10.2. The first-order chi connectivity index (χ1) is 8.56. The first kappa shape index (κ1) is 13.2. The van der Waals surface area contributed by atoms with Crippen LogP contribution < -0.4 is 4.74 Å². The maximum atomic E-state index is 10.7. The highest BCUT2D eigenvalue weighted by Crippen LogP contribution is 2.27. The van der Waals surface area contributed by atoms with Crippen LogP contribution in [0.5, 0.6) is 5.75 Å². The molecule has 98 valence electrons. The molecule has 0 amide bonds. The molecule has 1 N–H and O–H groups in total.